The van der Waals surface area contributed by atoms with Crippen molar-refractivity contribution < 1.29 is 9.21 Å². The Morgan fingerprint density at radius 3 is 2.74 bits per heavy atom. The number of amides is 1. The van der Waals surface area contributed by atoms with Crippen LogP contribution in [0.5, 0.6) is 0 Å². The number of hydrogen-bond acceptors (Lipinski definition) is 2. The average Bonchev–Trinajstić information content (AvgIpc) is 3.45. The van der Waals surface area contributed by atoms with Crippen molar-refractivity contribution in [1.82, 2.24) is 4.90 Å². The molecule has 2 atom stereocenters. The summed E-state index contributed by atoms with van der Waals surface area (Å²) in [6.45, 7) is 2.78. The molecule has 0 bridgehead atoms. The number of halogens is 1. The van der Waals surface area contributed by atoms with E-state index in [0.717, 1.165) is 30.3 Å². The van der Waals surface area contributed by atoms with Crippen LogP contribution >= 0.6 is 11.6 Å². The molecule has 2 fully saturated rings. The number of benzene rings is 1. The van der Waals surface area contributed by atoms with Crippen molar-refractivity contribution in [2.24, 2.45) is 5.92 Å². The van der Waals surface area contributed by atoms with E-state index >= 15 is 0 Å². The highest BCUT2D eigenvalue weighted by atomic mass is 35.5. The second kappa shape index (κ2) is 5.72. The summed E-state index contributed by atoms with van der Waals surface area (Å²) in [7, 11) is 0. The molecule has 0 N–H and O–H groups in total. The van der Waals surface area contributed by atoms with Crippen molar-refractivity contribution >= 4 is 17.5 Å². The molecule has 0 aliphatic heterocycles. The van der Waals surface area contributed by atoms with E-state index in [1.165, 1.54) is 6.42 Å². The zero-order valence-electron chi connectivity index (χ0n) is 13.2. The Balaban J connectivity index is 1.52. The highest BCUT2D eigenvalue weighted by molar-refractivity contribution is 6.30. The van der Waals surface area contributed by atoms with Crippen molar-refractivity contribution in [1.29, 1.82) is 0 Å². The van der Waals surface area contributed by atoms with Gasteiger partial charge < -0.3 is 9.32 Å². The third-order valence-electron chi connectivity index (χ3n) is 4.80. The Bertz CT molecular complexity index is 734. The Labute approximate surface area is 141 Å². The number of hydrogen-bond donors (Lipinski definition) is 0. The van der Waals surface area contributed by atoms with E-state index in [1.54, 1.807) is 12.1 Å². The minimum Gasteiger partial charge on any atom is -0.464 e. The molecule has 1 heterocycles. The van der Waals surface area contributed by atoms with Gasteiger partial charge in [0.25, 0.3) is 5.91 Å². The van der Waals surface area contributed by atoms with Gasteiger partial charge in [-0.3, -0.25) is 4.79 Å². The smallest absolute Gasteiger partial charge is 0.254 e. The van der Waals surface area contributed by atoms with Crippen LogP contribution in [-0.2, 0) is 6.54 Å². The quantitative estimate of drug-likeness (QED) is 0.784. The standard InChI is InChI=1S/C19H20ClNO2/c1-12-9-17(12)18-8-7-16(23-18)11-21(15-5-6-15)19(22)13-3-2-4-14(20)10-13/h2-4,7-8,10,12,15,17H,5-6,9,11H2,1H3/t12-,17-/m1/s1. The second-order valence-electron chi connectivity index (χ2n) is 6.80. The topological polar surface area (TPSA) is 33.5 Å². The third-order valence-corrected chi connectivity index (χ3v) is 5.04. The molecule has 0 spiro atoms. The van der Waals surface area contributed by atoms with E-state index in [-0.39, 0.29) is 5.91 Å². The fraction of sp³-hybridized carbons (Fsp3) is 0.421. The van der Waals surface area contributed by atoms with Gasteiger partial charge in [0.15, 0.2) is 0 Å². The summed E-state index contributed by atoms with van der Waals surface area (Å²) in [4.78, 5) is 14.7. The first kappa shape index (κ1) is 14.8. The van der Waals surface area contributed by atoms with Gasteiger partial charge in [-0.15, -0.1) is 0 Å². The highest BCUT2D eigenvalue weighted by Crippen LogP contribution is 2.47. The first-order chi connectivity index (χ1) is 11.1. The van der Waals surface area contributed by atoms with Crippen molar-refractivity contribution in [3.8, 4) is 0 Å². The summed E-state index contributed by atoms with van der Waals surface area (Å²) < 4.78 is 5.98. The maximum atomic E-state index is 12.8. The van der Waals surface area contributed by atoms with Crippen LogP contribution in [0.2, 0.25) is 5.02 Å². The Morgan fingerprint density at radius 1 is 1.30 bits per heavy atom. The largest absolute Gasteiger partial charge is 0.464 e. The first-order valence-electron chi connectivity index (χ1n) is 8.27. The van der Waals surface area contributed by atoms with Gasteiger partial charge in [-0.1, -0.05) is 24.6 Å². The van der Waals surface area contributed by atoms with Crippen molar-refractivity contribution in [2.75, 3.05) is 0 Å². The molecule has 0 radical (unpaired) electrons. The molecule has 1 aromatic carbocycles. The van der Waals surface area contributed by atoms with Crippen LogP contribution in [0, 0.1) is 5.92 Å². The van der Waals surface area contributed by atoms with E-state index in [9.17, 15) is 4.79 Å². The molecule has 3 nitrogen and oxygen atoms in total. The summed E-state index contributed by atoms with van der Waals surface area (Å²) in [5.41, 5.74) is 0.645. The summed E-state index contributed by atoms with van der Waals surface area (Å²) in [5, 5.41) is 0.592. The van der Waals surface area contributed by atoms with Crippen LogP contribution in [-0.4, -0.2) is 16.8 Å². The van der Waals surface area contributed by atoms with E-state index in [2.05, 4.69) is 13.0 Å². The molecule has 120 valence electrons. The molecule has 0 saturated heterocycles. The molecule has 2 aromatic rings. The summed E-state index contributed by atoms with van der Waals surface area (Å²) in [6.07, 6.45) is 3.35. The molecule has 2 aliphatic rings. The fourth-order valence-electron chi connectivity index (χ4n) is 3.11. The minimum atomic E-state index is 0.0349. The van der Waals surface area contributed by atoms with Crippen LogP contribution in [0.4, 0.5) is 0 Å². The van der Waals surface area contributed by atoms with Gasteiger partial charge in [0, 0.05) is 22.5 Å². The SMILES string of the molecule is C[C@@H]1C[C@H]1c1ccc(CN(C(=O)c2cccc(Cl)c2)C2CC2)o1. The van der Waals surface area contributed by atoms with E-state index in [4.69, 9.17) is 16.0 Å². The first-order valence-corrected chi connectivity index (χ1v) is 8.65. The molecule has 2 saturated carbocycles. The lowest BCUT2D eigenvalue weighted by molar-refractivity contribution is 0.0716. The van der Waals surface area contributed by atoms with E-state index < -0.39 is 0 Å². The summed E-state index contributed by atoms with van der Waals surface area (Å²) in [6, 6.07) is 11.6. The molecule has 23 heavy (non-hydrogen) atoms. The number of carbonyl (C=O) groups excluding carboxylic acids is 1. The lowest BCUT2D eigenvalue weighted by Gasteiger charge is -2.21. The third kappa shape index (κ3) is 3.16. The second-order valence-corrected chi connectivity index (χ2v) is 7.23. The zero-order valence-corrected chi connectivity index (χ0v) is 13.9. The molecule has 2 aliphatic carbocycles. The minimum absolute atomic E-state index is 0.0349. The van der Waals surface area contributed by atoms with Gasteiger partial charge in [0.2, 0.25) is 0 Å². The maximum Gasteiger partial charge on any atom is 0.254 e. The van der Waals surface area contributed by atoms with Gasteiger partial charge in [-0.05, 0) is 55.5 Å². The van der Waals surface area contributed by atoms with Crippen LogP contribution in [0.25, 0.3) is 0 Å². The Kier molecular flexibility index (Phi) is 3.68. The van der Waals surface area contributed by atoms with Crippen molar-refractivity contribution in [2.45, 2.75) is 44.7 Å². The lowest BCUT2D eigenvalue weighted by Crippen LogP contribution is -2.32. The van der Waals surface area contributed by atoms with Gasteiger partial charge in [-0.2, -0.15) is 0 Å². The number of nitrogens with zero attached hydrogens (tertiary/aromatic N) is 1. The van der Waals surface area contributed by atoms with Gasteiger partial charge in [0.05, 0.1) is 6.54 Å². The Morgan fingerprint density at radius 2 is 2.09 bits per heavy atom. The average molecular weight is 330 g/mol. The monoisotopic (exact) mass is 329 g/mol. The number of rotatable bonds is 5. The van der Waals surface area contributed by atoms with Crippen LogP contribution in [0.3, 0.4) is 0 Å². The Hall–Kier alpha value is -1.74. The molecule has 4 rings (SSSR count). The molecule has 4 heteroatoms. The fourth-order valence-corrected chi connectivity index (χ4v) is 3.30. The normalized spacial score (nSPS) is 22.9. The molecule has 1 amide bonds. The van der Waals surface area contributed by atoms with Crippen LogP contribution < -0.4 is 0 Å². The zero-order chi connectivity index (χ0) is 16.0. The van der Waals surface area contributed by atoms with Crippen LogP contribution in [0.1, 0.15) is 54.0 Å². The number of carbonyl (C=O) groups is 1. The molecular formula is C19H20ClNO2. The maximum absolute atomic E-state index is 12.8. The highest BCUT2D eigenvalue weighted by Gasteiger charge is 2.37. The van der Waals surface area contributed by atoms with Gasteiger partial charge >= 0.3 is 0 Å². The lowest BCUT2D eigenvalue weighted by atomic mass is 10.2. The van der Waals surface area contributed by atoms with Crippen molar-refractivity contribution in [3.63, 3.8) is 0 Å². The molecule has 1 aromatic heterocycles. The number of furan rings is 1. The van der Waals surface area contributed by atoms with Gasteiger partial charge in [0.1, 0.15) is 11.5 Å². The predicted octanol–water partition coefficient (Wildman–Crippen LogP) is 4.86. The summed E-state index contributed by atoms with van der Waals surface area (Å²) >= 11 is 6.02. The van der Waals surface area contributed by atoms with E-state index in [1.807, 2.05) is 23.1 Å². The van der Waals surface area contributed by atoms with Crippen molar-refractivity contribution in [3.05, 3.63) is 58.5 Å². The van der Waals surface area contributed by atoms with E-state index in [0.29, 0.717) is 29.1 Å². The predicted molar refractivity (Wildman–Crippen MR) is 89.6 cm³/mol. The molecule has 0 unspecified atom stereocenters. The summed E-state index contributed by atoms with van der Waals surface area (Å²) in [5.74, 6) is 3.27. The molecular weight excluding hydrogens is 310 g/mol. The van der Waals surface area contributed by atoms with Crippen LogP contribution in [0.15, 0.2) is 40.8 Å². The van der Waals surface area contributed by atoms with Gasteiger partial charge in [-0.25, -0.2) is 0 Å².